The maximum atomic E-state index is 12.5. The number of carbonyl (C=O) groups is 1. The number of hydrogen-bond acceptors (Lipinski definition) is 6. The summed E-state index contributed by atoms with van der Waals surface area (Å²) in [6.45, 7) is 4.29. The van der Waals surface area contributed by atoms with Gasteiger partial charge in [-0.05, 0) is 50.2 Å². The zero-order valence-electron chi connectivity index (χ0n) is 15.4. The van der Waals surface area contributed by atoms with Gasteiger partial charge >= 0.3 is 0 Å². The smallest absolute Gasteiger partial charge is 0.237 e. The molecular formula is C19H20ClN5O2S. The van der Waals surface area contributed by atoms with E-state index in [1.165, 1.54) is 16.4 Å². The first-order chi connectivity index (χ1) is 13.5. The molecule has 0 unspecified atom stereocenters. The van der Waals surface area contributed by atoms with Crippen LogP contribution in [0.15, 0.2) is 53.7 Å². The van der Waals surface area contributed by atoms with Gasteiger partial charge in [-0.15, -0.1) is 10.2 Å². The summed E-state index contributed by atoms with van der Waals surface area (Å²) < 4.78 is 6.81. The van der Waals surface area contributed by atoms with E-state index in [1.54, 1.807) is 31.2 Å². The van der Waals surface area contributed by atoms with Crippen LogP contribution in [-0.4, -0.2) is 32.6 Å². The van der Waals surface area contributed by atoms with Gasteiger partial charge in [-0.2, -0.15) is 0 Å². The van der Waals surface area contributed by atoms with Gasteiger partial charge in [0, 0.05) is 5.56 Å². The standard InChI is InChI=1S/C19H20ClN5O2S/c1-3-27-14-10-8-13(9-11-14)17-23-24-19(25(17)21)28-12(2)18(26)22-16-7-5-4-6-15(16)20/h4-12H,3,21H2,1-2H3,(H,22,26)/t12-/m0/s1. The number of nitrogens with one attached hydrogen (secondary N) is 1. The molecule has 3 rings (SSSR count). The molecule has 28 heavy (non-hydrogen) atoms. The molecule has 0 aliphatic heterocycles. The molecule has 2 aromatic carbocycles. The van der Waals surface area contributed by atoms with Gasteiger partial charge in [-0.3, -0.25) is 4.79 Å². The Hall–Kier alpha value is -2.71. The van der Waals surface area contributed by atoms with Crippen molar-refractivity contribution < 1.29 is 9.53 Å². The normalized spacial score (nSPS) is 11.8. The van der Waals surface area contributed by atoms with Crippen LogP contribution in [0.4, 0.5) is 5.69 Å². The summed E-state index contributed by atoms with van der Waals surface area (Å²) in [5.74, 6) is 7.22. The summed E-state index contributed by atoms with van der Waals surface area (Å²) in [4.78, 5) is 12.5. The Balaban J connectivity index is 1.69. The van der Waals surface area contributed by atoms with Crippen molar-refractivity contribution in [2.45, 2.75) is 24.3 Å². The fourth-order valence-electron chi connectivity index (χ4n) is 2.43. The third kappa shape index (κ3) is 4.58. The van der Waals surface area contributed by atoms with Gasteiger partial charge in [0.25, 0.3) is 0 Å². The summed E-state index contributed by atoms with van der Waals surface area (Å²) in [6.07, 6.45) is 0. The fraction of sp³-hybridized carbons (Fsp3) is 0.211. The van der Waals surface area contributed by atoms with Gasteiger partial charge in [0.05, 0.1) is 22.6 Å². The predicted molar refractivity (Wildman–Crippen MR) is 112 cm³/mol. The monoisotopic (exact) mass is 417 g/mol. The molecule has 9 heteroatoms. The Morgan fingerprint density at radius 3 is 2.64 bits per heavy atom. The lowest BCUT2D eigenvalue weighted by molar-refractivity contribution is -0.115. The van der Waals surface area contributed by atoms with Crippen LogP contribution in [0.3, 0.4) is 0 Å². The number of amides is 1. The van der Waals surface area contributed by atoms with Crippen LogP contribution >= 0.6 is 23.4 Å². The molecule has 3 N–H and O–H groups in total. The Kier molecular flexibility index (Phi) is 6.43. The van der Waals surface area contributed by atoms with E-state index in [0.29, 0.717) is 28.3 Å². The zero-order valence-corrected chi connectivity index (χ0v) is 17.0. The largest absolute Gasteiger partial charge is 0.494 e. The average Bonchev–Trinajstić information content (AvgIpc) is 3.05. The van der Waals surface area contributed by atoms with Gasteiger partial charge in [0.1, 0.15) is 5.75 Å². The highest BCUT2D eigenvalue weighted by molar-refractivity contribution is 8.00. The maximum absolute atomic E-state index is 12.5. The minimum atomic E-state index is -0.448. The number of rotatable bonds is 7. The summed E-state index contributed by atoms with van der Waals surface area (Å²) in [6, 6.07) is 14.5. The predicted octanol–water partition coefficient (Wildman–Crippen LogP) is 3.83. The lowest BCUT2D eigenvalue weighted by Gasteiger charge is -2.12. The minimum absolute atomic E-state index is 0.205. The molecule has 3 aromatic rings. The summed E-state index contributed by atoms with van der Waals surface area (Å²) in [5, 5.41) is 11.5. The number of carbonyl (C=O) groups excluding carboxylic acids is 1. The summed E-state index contributed by atoms with van der Waals surface area (Å²) in [7, 11) is 0. The number of nitrogens with two attached hydrogens (primary N) is 1. The van der Waals surface area contributed by atoms with Crippen molar-refractivity contribution in [1.29, 1.82) is 0 Å². The minimum Gasteiger partial charge on any atom is -0.494 e. The fourth-order valence-corrected chi connectivity index (χ4v) is 3.38. The molecule has 0 aliphatic rings. The molecule has 0 saturated heterocycles. The third-order valence-electron chi connectivity index (χ3n) is 3.87. The highest BCUT2D eigenvalue weighted by atomic mass is 35.5. The number of nitrogens with zero attached hydrogens (tertiary/aromatic N) is 3. The number of anilines is 1. The third-order valence-corrected chi connectivity index (χ3v) is 5.26. The SMILES string of the molecule is CCOc1ccc(-c2nnc(S[C@@H](C)C(=O)Nc3ccccc3Cl)n2N)cc1. The second-order valence-corrected chi connectivity index (χ2v) is 7.58. The Labute approximate surface area is 172 Å². The maximum Gasteiger partial charge on any atom is 0.237 e. The first kappa shape index (κ1) is 20.0. The van der Waals surface area contributed by atoms with E-state index in [0.717, 1.165) is 11.3 Å². The molecular weight excluding hydrogens is 398 g/mol. The first-order valence-corrected chi connectivity index (χ1v) is 9.91. The van der Waals surface area contributed by atoms with Crippen LogP contribution in [-0.2, 0) is 4.79 Å². The van der Waals surface area contributed by atoms with Crippen LogP contribution in [0.2, 0.25) is 5.02 Å². The molecule has 1 aromatic heterocycles. The van der Waals surface area contributed by atoms with Crippen LogP contribution in [0.25, 0.3) is 11.4 Å². The number of benzene rings is 2. The van der Waals surface area contributed by atoms with Crippen molar-refractivity contribution in [2.75, 3.05) is 17.8 Å². The molecule has 146 valence electrons. The number of para-hydroxylation sites is 1. The van der Waals surface area contributed by atoms with Crippen molar-refractivity contribution in [3.8, 4) is 17.1 Å². The van der Waals surface area contributed by atoms with Crippen LogP contribution in [0.5, 0.6) is 5.75 Å². The van der Waals surface area contributed by atoms with Gasteiger partial charge in [0.15, 0.2) is 5.82 Å². The Morgan fingerprint density at radius 1 is 1.25 bits per heavy atom. The van der Waals surface area contributed by atoms with E-state index in [2.05, 4.69) is 15.5 Å². The van der Waals surface area contributed by atoms with Gasteiger partial charge in [-0.1, -0.05) is 35.5 Å². The highest BCUT2D eigenvalue weighted by Gasteiger charge is 2.20. The molecule has 0 bridgehead atoms. The van der Waals surface area contributed by atoms with Crippen molar-refractivity contribution in [1.82, 2.24) is 14.9 Å². The average molecular weight is 418 g/mol. The van der Waals surface area contributed by atoms with E-state index in [4.69, 9.17) is 22.2 Å². The summed E-state index contributed by atoms with van der Waals surface area (Å²) in [5.41, 5.74) is 1.37. The van der Waals surface area contributed by atoms with Crippen molar-refractivity contribution in [2.24, 2.45) is 0 Å². The zero-order chi connectivity index (χ0) is 20.1. The van der Waals surface area contributed by atoms with E-state index in [9.17, 15) is 4.79 Å². The van der Waals surface area contributed by atoms with Crippen molar-refractivity contribution in [3.05, 3.63) is 53.6 Å². The van der Waals surface area contributed by atoms with Crippen molar-refractivity contribution in [3.63, 3.8) is 0 Å². The second-order valence-electron chi connectivity index (χ2n) is 5.86. The molecule has 0 radical (unpaired) electrons. The van der Waals surface area contributed by atoms with Gasteiger partial charge in [-0.25, -0.2) is 4.68 Å². The van der Waals surface area contributed by atoms with E-state index in [-0.39, 0.29) is 5.91 Å². The van der Waals surface area contributed by atoms with E-state index in [1.807, 2.05) is 31.2 Å². The molecule has 0 spiro atoms. The molecule has 0 saturated carbocycles. The summed E-state index contributed by atoms with van der Waals surface area (Å²) >= 11 is 7.30. The molecule has 0 fully saturated rings. The highest BCUT2D eigenvalue weighted by Crippen LogP contribution is 2.27. The lowest BCUT2D eigenvalue weighted by atomic mass is 10.2. The number of hydrogen-bond donors (Lipinski definition) is 2. The molecule has 7 nitrogen and oxygen atoms in total. The number of ether oxygens (including phenoxy) is 1. The molecule has 1 amide bonds. The quantitative estimate of drug-likeness (QED) is 0.448. The number of thioether (sulfide) groups is 1. The van der Waals surface area contributed by atoms with Crippen molar-refractivity contribution >= 4 is 35.0 Å². The molecule has 1 heterocycles. The topological polar surface area (TPSA) is 95.1 Å². The van der Waals surface area contributed by atoms with Crippen LogP contribution in [0.1, 0.15) is 13.8 Å². The van der Waals surface area contributed by atoms with Crippen LogP contribution in [0, 0.1) is 0 Å². The Morgan fingerprint density at radius 2 is 1.96 bits per heavy atom. The van der Waals surface area contributed by atoms with E-state index < -0.39 is 5.25 Å². The van der Waals surface area contributed by atoms with E-state index >= 15 is 0 Å². The van der Waals surface area contributed by atoms with Gasteiger partial charge in [0.2, 0.25) is 11.1 Å². The Bertz CT molecular complexity index is 961. The molecule has 0 aliphatic carbocycles. The van der Waals surface area contributed by atoms with Crippen LogP contribution < -0.4 is 15.9 Å². The lowest BCUT2D eigenvalue weighted by Crippen LogP contribution is -2.23. The molecule has 1 atom stereocenters. The number of aromatic nitrogens is 3. The number of nitrogen functional groups attached to an aromatic ring is 1. The van der Waals surface area contributed by atoms with Gasteiger partial charge < -0.3 is 15.9 Å². The first-order valence-electron chi connectivity index (χ1n) is 8.65. The second kappa shape index (κ2) is 8.99. The number of halogens is 1.